The minimum Gasteiger partial charge on any atom is -0.478 e. The van der Waals surface area contributed by atoms with Crippen LogP contribution in [0.4, 0.5) is 0 Å². The van der Waals surface area contributed by atoms with Crippen molar-refractivity contribution in [3.8, 4) is 0 Å². The molecule has 0 aliphatic heterocycles. The fourth-order valence-electron chi connectivity index (χ4n) is 1.53. The Labute approximate surface area is 113 Å². The molecule has 0 aliphatic carbocycles. The summed E-state index contributed by atoms with van der Waals surface area (Å²) in [6.07, 6.45) is 2.42. The number of rotatable bonds is 5. The number of aromatic carboxylic acids is 1. The number of nitrogens with one attached hydrogen (secondary N) is 1. The fraction of sp³-hybridized carbons (Fsp3) is 0.154. The van der Waals surface area contributed by atoms with Gasteiger partial charge < -0.3 is 10.4 Å². The molecule has 0 radical (unpaired) electrons. The molecule has 0 bridgehead atoms. The first-order chi connectivity index (χ1) is 9.16. The van der Waals surface area contributed by atoms with Crippen molar-refractivity contribution in [2.24, 2.45) is 0 Å². The second-order valence-electron chi connectivity index (χ2n) is 3.81. The highest BCUT2D eigenvalue weighted by Crippen LogP contribution is 2.06. The smallest absolute Gasteiger partial charge is 0.335 e. The van der Waals surface area contributed by atoms with Crippen molar-refractivity contribution in [2.75, 3.05) is 6.54 Å². The van der Waals surface area contributed by atoms with Gasteiger partial charge in [-0.25, -0.2) is 9.78 Å². The van der Waals surface area contributed by atoms with E-state index in [1.54, 1.807) is 17.5 Å². The number of aromatic nitrogens is 1. The van der Waals surface area contributed by atoms with Crippen LogP contribution in [0.3, 0.4) is 0 Å². The third-order valence-electron chi connectivity index (χ3n) is 2.50. The summed E-state index contributed by atoms with van der Waals surface area (Å²) in [5.74, 6) is -1.22. The number of nitrogens with zero attached hydrogens (tertiary/aromatic N) is 1. The molecule has 0 spiro atoms. The maximum atomic E-state index is 11.8. The summed E-state index contributed by atoms with van der Waals surface area (Å²) < 4.78 is 0. The predicted octanol–water partition coefficient (Wildman–Crippen LogP) is 1.81. The van der Waals surface area contributed by atoms with Gasteiger partial charge in [-0.1, -0.05) is 0 Å². The molecule has 1 heterocycles. The Kier molecular flexibility index (Phi) is 4.25. The molecule has 2 N–H and O–H groups in total. The lowest BCUT2D eigenvalue weighted by molar-refractivity contribution is 0.0696. The molecule has 0 atom stereocenters. The van der Waals surface area contributed by atoms with Crippen LogP contribution in [0, 0.1) is 0 Å². The number of carbonyl (C=O) groups is 2. The normalized spacial score (nSPS) is 10.1. The first kappa shape index (κ1) is 13.2. The first-order valence-electron chi connectivity index (χ1n) is 5.67. The van der Waals surface area contributed by atoms with E-state index in [0.29, 0.717) is 18.5 Å². The van der Waals surface area contributed by atoms with Gasteiger partial charge in [-0.3, -0.25) is 4.79 Å². The second kappa shape index (κ2) is 6.10. The zero-order chi connectivity index (χ0) is 13.7. The molecule has 1 amide bonds. The molecule has 0 saturated heterocycles. The summed E-state index contributed by atoms with van der Waals surface area (Å²) in [5, 5.41) is 14.4. The summed E-state index contributed by atoms with van der Waals surface area (Å²) >= 11 is 1.55. The molecule has 2 rings (SSSR count). The Bertz CT molecular complexity index is 564. The summed E-state index contributed by atoms with van der Waals surface area (Å²) in [7, 11) is 0. The molecule has 0 unspecified atom stereocenters. The van der Waals surface area contributed by atoms with Crippen LogP contribution in [0.15, 0.2) is 35.8 Å². The highest BCUT2D eigenvalue weighted by Gasteiger charge is 2.07. The maximum Gasteiger partial charge on any atom is 0.335 e. The average molecular weight is 276 g/mol. The van der Waals surface area contributed by atoms with E-state index < -0.39 is 5.97 Å². The summed E-state index contributed by atoms with van der Waals surface area (Å²) in [4.78, 5) is 26.6. The van der Waals surface area contributed by atoms with E-state index in [0.717, 1.165) is 5.01 Å². The van der Waals surface area contributed by atoms with Crippen LogP contribution in [0.2, 0.25) is 0 Å². The van der Waals surface area contributed by atoms with Crippen molar-refractivity contribution in [3.63, 3.8) is 0 Å². The Morgan fingerprint density at radius 3 is 2.47 bits per heavy atom. The van der Waals surface area contributed by atoms with Gasteiger partial charge >= 0.3 is 5.97 Å². The average Bonchev–Trinajstić information content (AvgIpc) is 2.92. The number of carboxylic acid groups (broad SMARTS) is 1. The van der Waals surface area contributed by atoms with E-state index in [4.69, 9.17) is 5.11 Å². The lowest BCUT2D eigenvalue weighted by atomic mass is 10.1. The number of benzene rings is 1. The third kappa shape index (κ3) is 3.62. The molecule has 2 aromatic rings. The van der Waals surface area contributed by atoms with Crippen LogP contribution in [0.25, 0.3) is 0 Å². The molecule has 0 fully saturated rings. The quantitative estimate of drug-likeness (QED) is 0.873. The number of thiazole rings is 1. The number of carboxylic acids is 1. The monoisotopic (exact) mass is 276 g/mol. The van der Waals surface area contributed by atoms with Crippen molar-refractivity contribution in [2.45, 2.75) is 6.42 Å². The Balaban J connectivity index is 1.87. The number of hydrogen-bond acceptors (Lipinski definition) is 4. The van der Waals surface area contributed by atoms with Crippen molar-refractivity contribution < 1.29 is 14.7 Å². The molecule has 0 saturated carbocycles. The van der Waals surface area contributed by atoms with Gasteiger partial charge in [0.05, 0.1) is 10.6 Å². The van der Waals surface area contributed by atoms with Crippen molar-refractivity contribution in [1.82, 2.24) is 10.3 Å². The van der Waals surface area contributed by atoms with Crippen LogP contribution in [0.5, 0.6) is 0 Å². The maximum absolute atomic E-state index is 11.8. The largest absolute Gasteiger partial charge is 0.478 e. The molecule has 98 valence electrons. The standard InChI is InChI=1S/C13H12N2O3S/c16-12(15-6-5-11-14-7-8-19-11)9-1-3-10(4-2-9)13(17)18/h1-4,7-8H,5-6H2,(H,15,16)(H,17,18). The Hall–Kier alpha value is -2.21. The molecule has 1 aromatic heterocycles. The van der Waals surface area contributed by atoms with E-state index in [-0.39, 0.29) is 11.5 Å². The molecule has 0 aliphatic rings. The molecular weight excluding hydrogens is 264 g/mol. The van der Waals surface area contributed by atoms with Gasteiger partial charge in [0.2, 0.25) is 0 Å². The highest BCUT2D eigenvalue weighted by molar-refractivity contribution is 7.09. The summed E-state index contributed by atoms with van der Waals surface area (Å²) in [6, 6.07) is 5.83. The summed E-state index contributed by atoms with van der Waals surface area (Å²) in [5.41, 5.74) is 0.614. The molecule has 5 nitrogen and oxygen atoms in total. The Morgan fingerprint density at radius 1 is 1.21 bits per heavy atom. The third-order valence-corrected chi connectivity index (χ3v) is 3.34. The first-order valence-corrected chi connectivity index (χ1v) is 6.54. The number of amides is 1. The van der Waals surface area contributed by atoms with Crippen LogP contribution in [0.1, 0.15) is 25.7 Å². The molecule has 6 heteroatoms. The molecule has 1 aromatic carbocycles. The zero-order valence-electron chi connectivity index (χ0n) is 10.00. The van der Waals surface area contributed by atoms with Gasteiger partial charge in [0.25, 0.3) is 5.91 Å². The highest BCUT2D eigenvalue weighted by atomic mass is 32.1. The lowest BCUT2D eigenvalue weighted by Crippen LogP contribution is -2.25. The minimum absolute atomic E-state index is 0.166. The van der Waals surface area contributed by atoms with Gasteiger partial charge in [0.15, 0.2) is 0 Å². The second-order valence-corrected chi connectivity index (χ2v) is 4.79. The zero-order valence-corrected chi connectivity index (χ0v) is 10.8. The SMILES string of the molecule is O=C(O)c1ccc(C(=O)NCCc2nccs2)cc1. The lowest BCUT2D eigenvalue weighted by Gasteiger charge is -2.04. The summed E-state index contributed by atoms with van der Waals surface area (Å²) in [6.45, 7) is 0.507. The topological polar surface area (TPSA) is 79.3 Å². The van der Waals surface area contributed by atoms with Gasteiger partial charge in [0.1, 0.15) is 0 Å². The van der Waals surface area contributed by atoms with E-state index in [1.165, 1.54) is 24.3 Å². The van der Waals surface area contributed by atoms with Crippen LogP contribution < -0.4 is 5.32 Å². The predicted molar refractivity (Wildman–Crippen MR) is 71.6 cm³/mol. The number of hydrogen-bond donors (Lipinski definition) is 2. The van der Waals surface area contributed by atoms with Crippen LogP contribution in [-0.2, 0) is 6.42 Å². The van der Waals surface area contributed by atoms with E-state index in [9.17, 15) is 9.59 Å². The number of carbonyl (C=O) groups excluding carboxylic acids is 1. The van der Waals surface area contributed by atoms with E-state index >= 15 is 0 Å². The molecular formula is C13H12N2O3S. The molecule has 19 heavy (non-hydrogen) atoms. The van der Waals surface area contributed by atoms with Crippen molar-refractivity contribution in [3.05, 3.63) is 52.0 Å². The minimum atomic E-state index is -1.00. The fourth-order valence-corrected chi connectivity index (χ4v) is 2.15. The van der Waals surface area contributed by atoms with Gasteiger partial charge in [-0.05, 0) is 24.3 Å². The van der Waals surface area contributed by atoms with Crippen molar-refractivity contribution >= 4 is 23.2 Å². The van der Waals surface area contributed by atoms with E-state index in [1.807, 2.05) is 5.38 Å². The van der Waals surface area contributed by atoms with Gasteiger partial charge in [-0.15, -0.1) is 11.3 Å². The van der Waals surface area contributed by atoms with E-state index in [2.05, 4.69) is 10.3 Å². The van der Waals surface area contributed by atoms with Crippen molar-refractivity contribution in [1.29, 1.82) is 0 Å². The van der Waals surface area contributed by atoms with Crippen LogP contribution >= 0.6 is 11.3 Å². The van der Waals surface area contributed by atoms with Crippen LogP contribution in [-0.4, -0.2) is 28.5 Å². The van der Waals surface area contributed by atoms with Gasteiger partial charge in [0, 0.05) is 30.1 Å². The van der Waals surface area contributed by atoms with Gasteiger partial charge in [-0.2, -0.15) is 0 Å². The Morgan fingerprint density at radius 2 is 1.89 bits per heavy atom.